The fourth-order valence-corrected chi connectivity index (χ4v) is 3.61. The second-order valence-corrected chi connectivity index (χ2v) is 6.87. The van der Waals surface area contributed by atoms with E-state index in [2.05, 4.69) is 6.92 Å². The highest BCUT2D eigenvalue weighted by Gasteiger charge is 2.33. The van der Waals surface area contributed by atoms with E-state index in [4.69, 9.17) is 4.89 Å². The number of rotatable bonds is 8. The van der Waals surface area contributed by atoms with E-state index in [1.54, 1.807) is 0 Å². The lowest BCUT2D eigenvalue weighted by atomic mass is 9.85. The topological polar surface area (TPSA) is 37.3 Å². The molecule has 1 atom stereocenters. The number of hydrogen-bond acceptors (Lipinski definition) is 1. The van der Waals surface area contributed by atoms with Crippen LogP contribution in [0.2, 0.25) is 0 Å². The normalized spacial score (nSPS) is 25.9. The summed E-state index contributed by atoms with van der Waals surface area (Å²) < 4.78 is 11.0. The summed E-state index contributed by atoms with van der Waals surface area (Å²) in [5, 5.41) is 0. The Morgan fingerprint density at radius 1 is 1.00 bits per heavy atom. The second-order valence-electron chi connectivity index (χ2n) is 5.53. The van der Waals surface area contributed by atoms with Crippen molar-refractivity contribution in [1.29, 1.82) is 0 Å². The molecule has 100 valence electrons. The fraction of sp³-hybridized carbons (Fsp3) is 1.00. The maximum absolute atomic E-state index is 11.0. The third kappa shape index (κ3) is 6.52. The van der Waals surface area contributed by atoms with E-state index in [0.717, 1.165) is 18.8 Å². The Bertz CT molecular complexity index is 210. The highest BCUT2D eigenvalue weighted by Crippen LogP contribution is 2.38. The molecule has 17 heavy (non-hydrogen) atoms. The third-order valence-corrected chi connectivity index (χ3v) is 5.24. The van der Waals surface area contributed by atoms with Gasteiger partial charge in [-0.25, -0.2) is 0 Å². The van der Waals surface area contributed by atoms with Crippen molar-refractivity contribution >= 4 is 8.03 Å². The average molecular weight is 259 g/mol. The van der Waals surface area contributed by atoms with Gasteiger partial charge in [0.05, 0.1) is 0 Å². The standard InChI is InChI=1S/C14H27O2P/c1-2-3-4-5-6-7-8-13-9-11-14(12-10-13)17(15)16/h13-14H,2-12H2,1H3/p+1. The van der Waals surface area contributed by atoms with Crippen LogP contribution in [0, 0.1) is 5.92 Å². The zero-order chi connectivity index (χ0) is 12.5. The van der Waals surface area contributed by atoms with Gasteiger partial charge in [0.2, 0.25) is 0 Å². The minimum absolute atomic E-state index is 0.103. The molecule has 1 fully saturated rings. The van der Waals surface area contributed by atoms with Crippen LogP contribution < -0.4 is 0 Å². The van der Waals surface area contributed by atoms with Crippen LogP contribution in [0.5, 0.6) is 0 Å². The minimum atomic E-state index is -1.91. The molecule has 0 bridgehead atoms. The van der Waals surface area contributed by atoms with Gasteiger partial charge in [-0.05, 0) is 36.2 Å². The lowest BCUT2D eigenvalue weighted by molar-refractivity contribution is 0.322. The zero-order valence-electron chi connectivity index (χ0n) is 11.2. The van der Waals surface area contributed by atoms with Crippen LogP contribution in [0.3, 0.4) is 0 Å². The molecule has 0 radical (unpaired) electrons. The van der Waals surface area contributed by atoms with E-state index < -0.39 is 8.03 Å². The highest BCUT2D eigenvalue weighted by atomic mass is 31.1. The van der Waals surface area contributed by atoms with Gasteiger partial charge >= 0.3 is 8.03 Å². The molecule has 0 aromatic rings. The van der Waals surface area contributed by atoms with Crippen LogP contribution in [-0.2, 0) is 4.57 Å². The molecule has 0 aromatic heterocycles. The van der Waals surface area contributed by atoms with Crippen molar-refractivity contribution in [2.24, 2.45) is 5.92 Å². The Morgan fingerprint density at radius 2 is 1.59 bits per heavy atom. The Hall–Kier alpha value is 0.0600. The summed E-state index contributed by atoms with van der Waals surface area (Å²) in [5.74, 6) is 0.840. The van der Waals surface area contributed by atoms with Crippen molar-refractivity contribution in [2.75, 3.05) is 0 Å². The van der Waals surface area contributed by atoms with Gasteiger partial charge in [0.15, 0.2) is 5.66 Å². The van der Waals surface area contributed by atoms with Gasteiger partial charge in [-0.1, -0.05) is 51.9 Å². The second kappa shape index (κ2) is 9.05. The molecular formula is C14H28O2P+. The van der Waals surface area contributed by atoms with Gasteiger partial charge in [0, 0.05) is 0 Å². The maximum atomic E-state index is 11.0. The molecule has 0 heterocycles. The van der Waals surface area contributed by atoms with Crippen molar-refractivity contribution in [1.82, 2.24) is 0 Å². The molecule has 0 saturated heterocycles. The van der Waals surface area contributed by atoms with Crippen LogP contribution in [0.4, 0.5) is 0 Å². The first-order valence-corrected chi connectivity index (χ1v) is 8.67. The summed E-state index contributed by atoms with van der Waals surface area (Å²) in [6.45, 7) is 2.25. The molecule has 0 aliphatic heterocycles. The first kappa shape index (κ1) is 15.1. The number of unbranched alkanes of at least 4 members (excludes halogenated alkanes) is 5. The summed E-state index contributed by atoms with van der Waals surface area (Å²) in [6.07, 6.45) is 13.9. The summed E-state index contributed by atoms with van der Waals surface area (Å²) in [6, 6.07) is 0. The smallest absolute Gasteiger partial charge is 0.161 e. The monoisotopic (exact) mass is 259 g/mol. The van der Waals surface area contributed by atoms with Gasteiger partial charge in [-0.15, -0.1) is 0 Å². The van der Waals surface area contributed by atoms with Gasteiger partial charge in [0.1, 0.15) is 0 Å². The quantitative estimate of drug-likeness (QED) is 0.490. The lowest BCUT2D eigenvalue weighted by Crippen LogP contribution is -2.16. The molecule has 0 spiro atoms. The predicted molar refractivity (Wildman–Crippen MR) is 73.6 cm³/mol. The summed E-state index contributed by atoms with van der Waals surface area (Å²) in [7, 11) is -1.91. The molecule has 3 heteroatoms. The SMILES string of the molecule is CCCCCCCCC1CCC([P+](=O)O)CC1. The minimum Gasteiger partial charge on any atom is -0.161 e. The largest absolute Gasteiger partial charge is 0.508 e. The fourth-order valence-electron chi connectivity index (χ4n) is 2.87. The summed E-state index contributed by atoms with van der Waals surface area (Å²) in [4.78, 5) is 9.07. The first-order valence-electron chi connectivity index (χ1n) is 7.39. The van der Waals surface area contributed by atoms with Crippen molar-refractivity contribution in [2.45, 2.75) is 83.2 Å². The summed E-state index contributed by atoms with van der Waals surface area (Å²) in [5.41, 5.74) is 0.103. The molecule has 0 aromatic carbocycles. The number of hydrogen-bond donors (Lipinski definition) is 1. The molecule has 1 rings (SSSR count). The van der Waals surface area contributed by atoms with Gasteiger partial charge < -0.3 is 0 Å². The summed E-state index contributed by atoms with van der Waals surface area (Å²) >= 11 is 0. The van der Waals surface area contributed by atoms with Crippen LogP contribution >= 0.6 is 8.03 Å². The van der Waals surface area contributed by atoms with Gasteiger partial charge in [-0.3, -0.25) is 0 Å². The Balaban J connectivity index is 1.97. The maximum Gasteiger partial charge on any atom is 0.508 e. The lowest BCUT2D eigenvalue weighted by Gasteiger charge is -2.22. The van der Waals surface area contributed by atoms with Gasteiger partial charge in [-0.2, -0.15) is 4.89 Å². The van der Waals surface area contributed by atoms with Crippen LogP contribution in [-0.4, -0.2) is 10.6 Å². The molecule has 1 unspecified atom stereocenters. The molecular weight excluding hydrogens is 231 g/mol. The van der Waals surface area contributed by atoms with Crippen molar-refractivity contribution in [3.8, 4) is 0 Å². The van der Waals surface area contributed by atoms with E-state index in [-0.39, 0.29) is 5.66 Å². The van der Waals surface area contributed by atoms with E-state index in [1.165, 1.54) is 57.8 Å². The average Bonchev–Trinajstić information content (AvgIpc) is 2.34. The van der Waals surface area contributed by atoms with E-state index in [0.29, 0.717) is 0 Å². The molecule has 2 nitrogen and oxygen atoms in total. The first-order chi connectivity index (χ1) is 8.24. The van der Waals surface area contributed by atoms with E-state index in [9.17, 15) is 4.57 Å². The Morgan fingerprint density at radius 3 is 2.18 bits per heavy atom. The zero-order valence-corrected chi connectivity index (χ0v) is 12.1. The van der Waals surface area contributed by atoms with Crippen molar-refractivity contribution in [3.63, 3.8) is 0 Å². The molecule has 0 amide bonds. The molecule has 1 aliphatic rings. The van der Waals surface area contributed by atoms with Crippen molar-refractivity contribution < 1.29 is 9.46 Å². The van der Waals surface area contributed by atoms with E-state index in [1.807, 2.05) is 0 Å². The Labute approximate surface area is 107 Å². The van der Waals surface area contributed by atoms with Crippen LogP contribution in [0.1, 0.15) is 77.6 Å². The highest BCUT2D eigenvalue weighted by molar-refractivity contribution is 7.38. The molecule has 1 saturated carbocycles. The Kier molecular flexibility index (Phi) is 8.05. The van der Waals surface area contributed by atoms with Gasteiger partial charge in [0.25, 0.3) is 0 Å². The molecule has 1 aliphatic carbocycles. The van der Waals surface area contributed by atoms with Crippen LogP contribution in [0.15, 0.2) is 0 Å². The van der Waals surface area contributed by atoms with Crippen molar-refractivity contribution in [3.05, 3.63) is 0 Å². The third-order valence-electron chi connectivity index (χ3n) is 4.09. The van der Waals surface area contributed by atoms with Crippen LogP contribution in [0.25, 0.3) is 0 Å². The predicted octanol–water partition coefficient (Wildman–Crippen LogP) is 5.03. The van der Waals surface area contributed by atoms with E-state index >= 15 is 0 Å². The molecule has 1 N–H and O–H groups in total.